The van der Waals surface area contributed by atoms with E-state index in [2.05, 4.69) is 25.8 Å². The van der Waals surface area contributed by atoms with Gasteiger partial charge in [0.2, 0.25) is 0 Å². The van der Waals surface area contributed by atoms with Crippen molar-refractivity contribution in [2.24, 2.45) is 9.98 Å². The standard InChI is InChI=1S/C24H20ClN5O3/c25-17-7-8-18-19(14-17)28-24(33)22(27-18)21(20(31)9-6-15-4-2-1-3-5-15)29-30-23(32)16-10-12-26-13-11-16/h1-14,20,24,29,31,33H,(H,30,32)/b9-6-,22-21-. The number of carbonyl (C=O) groups is 1. The molecule has 2 heterocycles. The lowest BCUT2D eigenvalue weighted by atomic mass is 10.1. The Kier molecular flexibility index (Phi) is 6.89. The molecule has 3 aromatic rings. The predicted molar refractivity (Wildman–Crippen MR) is 123 cm³/mol. The van der Waals surface area contributed by atoms with Crippen LogP contribution in [0.5, 0.6) is 0 Å². The summed E-state index contributed by atoms with van der Waals surface area (Å²) >= 11 is 6.01. The minimum absolute atomic E-state index is 0.0602. The summed E-state index contributed by atoms with van der Waals surface area (Å²) in [5.41, 5.74) is 6.60. The fourth-order valence-electron chi connectivity index (χ4n) is 3.13. The Bertz CT molecular complexity index is 1330. The topological polar surface area (TPSA) is 119 Å². The zero-order valence-corrected chi connectivity index (χ0v) is 18.0. The van der Waals surface area contributed by atoms with Crippen LogP contribution >= 0.6 is 11.6 Å². The Morgan fingerprint density at radius 1 is 1.03 bits per heavy atom. The highest BCUT2D eigenvalue weighted by Gasteiger charge is 2.23. The fraction of sp³-hybridized carbons (Fsp3) is 0.0833. The second-order valence-corrected chi connectivity index (χ2v) is 7.51. The van der Waals surface area contributed by atoms with Gasteiger partial charge in [0.1, 0.15) is 11.8 Å². The molecule has 0 fully saturated rings. The zero-order chi connectivity index (χ0) is 23.2. The molecule has 2 unspecified atom stereocenters. The van der Waals surface area contributed by atoms with Gasteiger partial charge < -0.3 is 10.2 Å². The summed E-state index contributed by atoms with van der Waals surface area (Å²) in [4.78, 5) is 25.1. The summed E-state index contributed by atoms with van der Waals surface area (Å²) in [6.07, 6.45) is 3.61. The highest BCUT2D eigenvalue weighted by atomic mass is 35.5. The molecule has 4 N–H and O–H groups in total. The quantitative estimate of drug-likeness (QED) is 0.415. The summed E-state index contributed by atoms with van der Waals surface area (Å²) in [5.74, 6) is -0.454. The Balaban J connectivity index is 1.69. The van der Waals surface area contributed by atoms with Gasteiger partial charge in [-0.2, -0.15) is 0 Å². The van der Waals surface area contributed by atoms with Crippen molar-refractivity contribution in [3.63, 3.8) is 0 Å². The summed E-state index contributed by atoms with van der Waals surface area (Å²) < 4.78 is 0. The number of aliphatic hydroxyl groups is 2. The van der Waals surface area contributed by atoms with E-state index in [1.165, 1.54) is 18.5 Å². The molecule has 1 aliphatic heterocycles. The maximum absolute atomic E-state index is 12.5. The van der Waals surface area contributed by atoms with Crippen LogP contribution in [0.15, 0.2) is 101 Å². The highest BCUT2D eigenvalue weighted by molar-refractivity contribution is 6.30. The molecule has 1 amide bonds. The molecule has 0 spiro atoms. The predicted octanol–water partition coefficient (Wildman–Crippen LogP) is 1.53. The Morgan fingerprint density at radius 2 is 1.79 bits per heavy atom. The lowest BCUT2D eigenvalue weighted by Gasteiger charge is -2.21. The third-order valence-corrected chi connectivity index (χ3v) is 5.01. The van der Waals surface area contributed by atoms with Gasteiger partial charge in [-0.25, -0.2) is 9.98 Å². The van der Waals surface area contributed by atoms with Gasteiger partial charge in [0.05, 0.1) is 16.4 Å². The van der Waals surface area contributed by atoms with E-state index in [0.29, 0.717) is 21.3 Å². The fourth-order valence-corrected chi connectivity index (χ4v) is 3.29. The van der Waals surface area contributed by atoms with Crippen LogP contribution in [0.4, 0.5) is 0 Å². The van der Waals surface area contributed by atoms with Gasteiger partial charge in [0.15, 0.2) is 6.23 Å². The van der Waals surface area contributed by atoms with Crippen LogP contribution in [0.3, 0.4) is 0 Å². The van der Waals surface area contributed by atoms with Crippen molar-refractivity contribution in [3.05, 3.63) is 117 Å². The van der Waals surface area contributed by atoms with E-state index < -0.39 is 18.2 Å². The average Bonchev–Trinajstić information content (AvgIpc) is 2.84. The zero-order valence-electron chi connectivity index (χ0n) is 17.3. The summed E-state index contributed by atoms with van der Waals surface area (Å²) in [6.45, 7) is 0. The van der Waals surface area contributed by atoms with Gasteiger partial charge in [-0.05, 0) is 42.0 Å². The van der Waals surface area contributed by atoms with Crippen LogP contribution in [0.25, 0.3) is 6.08 Å². The van der Waals surface area contributed by atoms with Crippen molar-refractivity contribution < 1.29 is 15.0 Å². The van der Waals surface area contributed by atoms with Crippen LogP contribution in [0, 0.1) is 0 Å². The molecular formula is C24H20ClN5O3. The Morgan fingerprint density at radius 3 is 2.55 bits per heavy atom. The third-order valence-electron chi connectivity index (χ3n) is 4.78. The third kappa shape index (κ3) is 5.50. The number of hydrogen-bond acceptors (Lipinski definition) is 7. The molecule has 2 atom stereocenters. The number of halogens is 1. The first kappa shape index (κ1) is 22.3. The van der Waals surface area contributed by atoms with Crippen molar-refractivity contribution in [1.82, 2.24) is 15.8 Å². The van der Waals surface area contributed by atoms with E-state index in [9.17, 15) is 15.0 Å². The molecule has 0 aliphatic carbocycles. The first-order valence-corrected chi connectivity index (χ1v) is 10.4. The molecule has 0 saturated heterocycles. The normalized spacial score (nSPS) is 17.4. The number of hydrazine groups is 1. The van der Waals surface area contributed by atoms with Crippen molar-refractivity contribution in [3.8, 4) is 0 Å². The molecular weight excluding hydrogens is 442 g/mol. The number of amides is 1. The van der Waals surface area contributed by atoms with E-state index in [4.69, 9.17) is 11.6 Å². The largest absolute Gasteiger partial charge is 0.383 e. The van der Waals surface area contributed by atoms with Gasteiger partial charge in [-0.15, -0.1) is 0 Å². The van der Waals surface area contributed by atoms with Gasteiger partial charge in [0, 0.05) is 23.0 Å². The second-order valence-electron chi connectivity index (χ2n) is 7.08. The lowest BCUT2D eigenvalue weighted by Crippen LogP contribution is -2.42. The summed E-state index contributed by atoms with van der Waals surface area (Å²) in [5, 5.41) is 22.9. The molecule has 166 valence electrons. The van der Waals surface area contributed by atoms with Crippen LogP contribution in [0.1, 0.15) is 15.9 Å². The molecule has 9 heteroatoms. The van der Waals surface area contributed by atoms with E-state index in [-0.39, 0.29) is 11.4 Å². The highest BCUT2D eigenvalue weighted by Crippen LogP contribution is 2.17. The number of aliphatic hydroxyl groups excluding tert-OH is 2. The number of fused-ring (bicyclic) bond motifs is 1. The summed E-state index contributed by atoms with van der Waals surface area (Å²) in [6, 6.07) is 17.4. The van der Waals surface area contributed by atoms with Crippen LogP contribution in [0.2, 0.25) is 5.02 Å². The van der Waals surface area contributed by atoms with Crippen LogP contribution < -0.4 is 21.6 Å². The molecule has 8 nitrogen and oxygen atoms in total. The van der Waals surface area contributed by atoms with Crippen molar-refractivity contribution in [1.29, 1.82) is 0 Å². The minimum atomic E-state index is -1.38. The minimum Gasteiger partial charge on any atom is -0.383 e. The molecule has 33 heavy (non-hydrogen) atoms. The molecule has 0 radical (unpaired) electrons. The number of nitrogens with zero attached hydrogens (tertiary/aromatic N) is 3. The smallest absolute Gasteiger partial charge is 0.269 e. The van der Waals surface area contributed by atoms with E-state index >= 15 is 0 Å². The van der Waals surface area contributed by atoms with Gasteiger partial charge in [0.25, 0.3) is 5.91 Å². The van der Waals surface area contributed by atoms with Crippen LogP contribution in [-0.4, -0.2) is 33.4 Å². The van der Waals surface area contributed by atoms with Gasteiger partial charge >= 0.3 is 0 Å². The molecule has 2 aromatic carbocycles. The molecule has 0 bridgehead atoms. The summed E-state index contributed by atoms with van der Waals surface area (Å²) in [7, 11) is 0. The van der Waals surface area contributed by atoms with Crippen molar-refractivity contribution in [2.45, 2.75) is 12.3 Å². The molecule has 0 saturated carbocycles. The number of rotatable bonds is 6. The van der Waals surface area contributed by atoms with Gasteiger partial charge in [-0.1, -0.05) is 48.0 Å². The first-order valence-electron chi connectivity index (χ1n) is 10.0. The van der Waals surface area contributed by atoms with E-state index in [1.807, 2.05) is 30.3 Å². The number of hydrogen-bond donors (Lipinski definition) is 4. The first-order chi connectivity index (χ1) is 16.0. The number of nitrogens with one attached hydrogen (secondary N) is 2. The van der Waals surface area contributed by atoms with E-state index in [1.54, 1.807) is 36.4 Å². The average molecular weight is 462 g/mol. The molecule has 1 aliphatic rings. The maximum atomic E-state index is 12.5. The van der Waals surface area contributed by atoms with Crippen LogP contribution in [-0.2, 0) is 0 Å². The number of aromatic nitrogens is 1. The van der Waals surface area contributed by atoms with Crippen molar-refractivity contribution >= 4 is 23.6 Å². The van der Waals surface area contributed by atoms with Crippen molar-refractivity contribution in [2.75, 3.05) is 0 Å². The lowest BCUT2D eigenvalue weighted by molar-refractivity contribution is 0.0932. The Hall–Kier alpha value is -3.85. The van der Waals surface area contributed by atoms with E-state index in [0.717, 1.165) is 5.56 Å². The molecule has 1 aromatic heterocycles. The number of benzene rings is 2. The monoisotopic (exact) mass is 461 g/mol. The number of pyridine rings is 1. The molecule has 4 rings (SSSR count). The number of carbonyl (C=O) groups excluding carboxylic acids is 1. The van der Waals surface area contributed by atoms with Gasteiger partial charge in [-0.3, -0.25) is 20.6 Å². The SMILES string of the molecule is O=C(NN/C(=C1\N=c2ccc(Cl)cc2=NC1O)C(O)/C=C\c1ccccc1)c1ccncc1. The second kappa shape index (κ2) is 10.2. The Labute approximate surface area is 194 Å². The maximum Gasteiger partial charge on any atom is 0.269 e.